The van der Waals surface area contributed by atoms with Crippen LogP contribution in [0, 0.1) is 10.1 Å². The topological polar surface area (TPSA) is 204 Å². The Morgan fingerprint density at radius 3 is 1.11 bits per heavy atom. The van der Waals surface area contributed by atoms with E-state index >= 15 is 0 Å². The summed E-state index contributed by atoms with van der Waals surface area (Å²) < 4.78 is 34.1. The van der Waals surface area contributed by atoms with E-state index in [1.807, 2.05) is 0 Å². The van der Waals surface area contributed by atoms with E-state index in [9.17, 15) is 0 Å². The summed E-state index contributed by atoms with van der Waals surface area (Å²) in [7, 11) is -5.17. The molecule has 0 fully saturated rings. The first kappa shape index (κ1) is 49.5. The fourth-order valence-corrected chi connectivity index (χ4v) is 0. The summed E-state index contributed by atoms with van der Waals surface area (Å²) in [5.74, 6) is 0. The van der Waals surface area contributed by atoms with Crippen LogP contribution in [-0.2, 0) is 10.4 Å². The van der Waals surface area contributed by atoms with Crippen molar-refractivity contribution in [3.8, 4) is 0 Å². The average Bonchev–Trinajstić information content (AvgIpc) is 1.50. The number of rotatable bonds is 0. The molecule has 17 heteroatoms. The molecule has 0 saturated heterocycles. The molecule has 0 aromatic carbocycles. The summed E-state index contributed by atoms with van der Waals surface area (Å²) in [4.78, 5) is 16.8. The molecular weight excluding hydrogens is 378 g/mol. The van der Waals surface area contributed by atoms with Crippen molar-refractivity contribution in [3.05, 3.63) is 10.1 Å². The van der Waals surface area contributed by atoms with Gasteiger partial charge in [0.2, 0.25) is 6.16 Å². The minimum atomic E-state index is -5.17. The number of nitrogens with zero attached hydrogens (tertiary/aromatic N) is 1. The Bertz CT molecular complexity index is 233. The van der Waals surface area contributed by atoms with Gasteiger partial charge in [-0.15, -0.1) is 10.1 Å². The Kier molecular flexibility index (Phi) is 90.1. The molecular formula is CH2ClK2NNa2O10S. The third-order valence-corrected chi connectivity index (χ3v) is 0. The van der Waals surface area contributed by atoms with Gasteiger partial charge in [0.25, 0.3) is 5.09 Å². The molecule has 0 heterocycles. The van der Waals surface area contributed by atoms with Crippen LogP contribution in [0.1, 0.15) is 0 Å². The molecule has 0 aromatic heterocycles. The second-order valence-corrected chi connectivity index (χ2v) is 1.73. The van der Waals surface area contributed by atoms with E-state index in [-0.39, 0.29) is 174 Å². The van der Waals surface area contributed by atoms with Gasteiger partial charge in [-0.25, -0.2) is 0 Å². The van der Waals surface area contributed by atoms with Crippen LogP contribution < -0.4 is 179 Å². The molecule has 0 saturated carbocycles. The van der Waals surface area contributed by atoms with Crippen LogP contribution >= 0.6 is 0 Å². The van der Waals surface area contributed by atoms with E-state index in [0.717, 1.165) is 0 Å². The van der Waals surface area contributed by atoms with E-state index in [0.29, 0.717) is 0 Å². The van der Waals surface area contributed by atoms with Crippen molar-refractivity contribution < 1.29 is 217 Å². The standard InChI is InChI=1S/CH2O3.ClH.2K.HNO3.2Na.H2O4S/c2-1(3)4;;;;2-1(3)4;;;1-5(2,3)4/h(H2,2,3,4);1H;;;(H,2,3,4);;;(H2,1,2,3,4)/q;;2*+1;;2*+1;/p-4. The summed E-state index contributed by atoms with van der Waals surface area (Å²) in [6.45, 7) is 0. The van der Waals surface area contributed by atoms with Crippen LogP contribution in [0.15, 0.2) is 0 Å². The van der Waals surface area contributed by atoms with E-state index in [4.69, 9.17) is 47.9 Å². The molecule has 0 aliphatic heterocycles. The van der Waals surface area contributed by atoms with E-state index in [2.05, 4.69) is 0 Å². The van der Waals surface area contributed by atoms with Gasteiger partial charge in [-0.2, -0.15) is 0 Å². The van der Waals surface area contributed by atoms with Crippen LogP contribution in [0.25, 0.3) is 0 Å². The van der Waals surface area contributed by atoms with Crippen molar-refractivity contribution >= 4 is 16.6 Å². The van der Waals surface area contributed by atoms with Gasteiger partial charge in [-0.05, 0) is 0 Å². The van der Waals surface area contributed by atoms with E-state index < -0.39 is 21.6 Å². The predicted octanol–water partition coefficient (Wildman–Crippen LogP) is -17.8. The first-order valence-corrected chi connectivity index (χ1v) is 3.20. The van der Waals surface area contributed by atoms with Crippen molar-refractivity contribution in [1.82, 2.24) is 0 Å². The quantitative estimate of drug-likeness (QED) is 0.133. The Balaban J connectivity index is -0.0000000123. The SMILES string of the molecule is O=C([O-])O.O=S(=O)([O-])[O-].O=[N+]([O-])O.[Cl-].[K+].[K+].[Na+].[Na+]. The van der Waals surface area contributed by atoms with Crippen molar-refractivity contribution in [1.29, 1.82) is 0 Å². The maximum Gasteiger partial charge on any atom is 1.00 e. The van der Waals surface area contributed by atoms with Gasteiger partial charge in [0.1, 0.15) is 0 Å². The molecule has 0 rings (SSSR count). The van der Waals surface area contributed by atoms with Gasteiger partial charge in [0.05, 0.1) is 0 Å². The second-order valence-electron chi connectivity index (χ2n) is 0.912. The minimum absolute atomic E-state index is 0. The van der Waals surface area contributed by atoms with Crippen LogP contribution in [0.5, 0.6) is 0 Å². The summed E-state index contributed by atoms with van der Waals surface area (Å²) in [5, 5.41) is 28.9. The minimum Gasteiger partial charge on any atom is -1.00 e. The van der Waals surface area contributed by atoms with Gasteiger partial charge in [-0.1, -0.05) is 0 Å². The molecule has 0 atom stereocenters. The van der Waals surface area contributed by atoms with Crippen LogP contribution in [0.3, 0.4) is 0 Å². The number of carbonyl (C=O) groups is 1. The summed E-state index contributed by atoms with van der Waals surface area (Å²) in [6, 6.07) is 0. The molecule has 88 valence electrons. The fraction of sp³-hybridized carbons (Fsp3) is 0. The maximum absolute atomic E-state index is 8.52. The number of hydrogen-bond acceptors (Lipinski definition) is 8. The smallest absolute Gasteiger partial charge is 1.00 e. The molecule has 0 radical (unpaired) electrons. The van der Waals surface area contributed by atoms with Gasteiger partial charge >= 0.3 is 162 Å². The van der Waals surface area contributed by atoms with E-state index in [1.165, 1.54) is 0 Å². The van der Waals surface area contributed by atoms with Crippen molar-refractivity contribution in [2.75, 3.05) is 0 Å². The first-order valence-electron chi connectivity index (χ1n) is 1.86. The Hall–Kier alpha value is 3.90. The molecule has 0 aromatic rings. The Morgan fingerprint density at radius 2 is 1.11 bits per heavy atom. The fourth-order valence-electron chi connectivity index (χ4n) is 0. The maximum atomic E-state index is 8.52. The van der Waals surface area contributed by atoms with Crippen LogP contribution in [-0.4, -0.2) is 39.1 Å². The van der Waals surface area contributed by atoms with Crippen LogP contribution in [0.4, 0.5) is 4.79 Å². The summed E-state index contributed by atoms with van der Waals surface area (Å²) >= 11 is 0. The zero-order chi connectivity index (χ0) is 11.7. The van der Waals surface area contributed by atoms with Gasteiger partial charge in [-0.3, -0.25) is 8.42 Å². The average molecular weight is 380 g/mol. The summed E-state index contributed by atoms with van der Waals surface area (Å²) in [5.41, 5.74) is 0. The Labute approximate surface area is 237 Å². The zero-order valence-corrected chi connectivity index (χ0v) is 21.7. The molecule has 0 aliphatic rings. The number of carboxylic acid groups (broad SMARTS) is 2. The number of halogens is 1. The van der Waals surface area contributed by atoms with Crippen LogP contribution in [0.2, 0.25) is 0 Å². The van der Waals surface area contributed by atoms with Crippen molar-refractivity contribution in [2.45, 2.75) is 0 Å². The van der Waals surface area contributed by atoms with E-state index in [1.54, 1.807) is 0 Å². The summed E-state index contributed by atoms with van der Waals surface area (Å²) in [6.07, 6.45) is -2.08. The predicted molar refractivity (Wildman–Crippen MR) is 27.3 cm³/mol. The third-order valence-electron chi connectivity index (χ3n) is 0. The molecule has 18 heavy (non-hydrogen) atoms. The molecule has 0 amide bonds. The Morgan fingerprint density at radius 1 is 1.11 bits per heavy atom. The largest absolute Gasteiger partial charge is 1.00 e. The number of hydrogen-bond donors (Lipinski definition) is 2. The van der Waals surface area contributed by atoms with Crippen molar-refractivity contribution in [2.24, 2.45) is 0 Å². The van der Waals surface area contributed by atoms with Gasteiger partial charge < -0.3 is 41.7 Å². The first-order chi connectivity index (χ1) is 5.46. The molecule has 0 aliphatic carbocycles. The molecule has 0 bridgehead atoms. The molecule has 0 unspecified atom stereocenters. The monoisotopic (exact) mass is 379 g/mol. The zero-order valence-electron chi connectivity index (χ0n) is 9.89. The molecule has 2 N–H and O–H groups in total. The third kappa shape index (κ3) is 467. The molecule has 0 spiro atoms. The van der Waals surface area contributed by atoms with Crippen molar-refractivity contribution in [3.63, 3.8) is 0 Å². The molecule has 11 nitrogen and oxygen atoms in total. The second kappa shape index (κ2) is 32.7. The van der Waals surface area contributed by atoms with Gasteiger partial charge in [0.15, 0.2) is 0 Å². The normalized spacial score (nSPS) is 5.89. The van der Waals surface area contributed by atoms with Gasteiger partial charge in [0, 0.05) is 10.4 Å².